The first-order valence-corrected chi connectivity index (χ1v) is 5.46. The molecule has 84 valence electrons. The van der Waals surface area contributed by atoms with Gasteiger partial charge in [0.15, 0.2) is 5.78 Å². The van der Waals surface area contributed by atoms with Crippen molar-refractivity contribution in [1.82, 2.24) is 4.98 Å². The van der Waals surface area contributed by atoms with E-state index in [0.717, 1.165) is 11.3 Å². The molecule has 0 atom stereocenters. The van der Waals surface area contributed by atoms with Crippen LogP contribution in [0.25, 0.3) is 6.08 Å². The van der Waals surface area contributed by atoms with E-state index in [1.807, 2.05) is 49.4 Å². The van der Waals surface area contributed by atoms with Gasteiger partial charge in [-0.05, 0) is 31.2 Å². The van der Waals surface area contributed by atoms with Crippen molar-refractivity contribution in [3.63, 3.8) is 0 Å². The van der Waals surface area contributed by atoms with Gasteiger partial charge in [-0.15, -0.1) is 0 Å². The van der Waals surface area contributed by atoms with Crippen molar-refractivity contribution in [3.8, 4) is 0 Å². The summed E-state index contributed by atoms with van der Waals surface area (Å²) in [6.07, 6.45) is 4.98. The summed E-state index contributed by atoms with van der Waals surface area (Å²) < 4.78 is 0. The molecule has 0 unspecified atom stereocenters. The van der Waals surface area contributed by atoms with E-state index in [4.69, 9.17) is 0 Å². The van der Waals surface area contributed by atoms with Crippen molar-refractivity contribution < 1.29 is 4.79 Å². The minimum Gasteiger partial charge on any atom is -0.289 e. The lowest BCUT2D eigenvalue weighted by Crippen LogP contribution is -1.93. The highest BCUT2D eigenvalue weighted by atomic mass is 16.1. The van der Waals surface area contributed by atoms with E-state index in [1.165, 1.54) is 0 Å². The van der Waals surface area contributed by atoms with Gasteiger partial charge in [-0.25, -0.2) is 0 Å². The molecule has 2 heteroatoms. The molecule has 0 saturated heterocycles. The second-order valence-electron chi connectivity index (χ2n) is 3.82. The van der Waals surface area contributed by atoms with Crippen LogP contribution < -0.4 is 0 Å². The lowest BCUT2D eigenvalue weighted by Gasteiger charge is -1.96. The number of rotatable bonds is 3. The number of hydrogen-bond acceptors (Lipinski definition) is 2. The number of ketones is 1. The highest BCUT2D eigenvalue weighted by Crippen LogP contribution is 2.06. The van der Waals surface area contributed by atoms with Gasteiger partial charge in [0.05, 0.1) is 5.69 Å². The summed E-state index contributed by atoms with van der Waals surface area (Å²) in [6.45, 7) is 2.00. The number of aromatic nitrogens is 1. The Morgan fingerprint density at radius 3 is 2.53 bits per heavy atom. The van der Waals surface area contributed by atoms with Crippen LogP contribution >= 0.6 is 0 Å². The monoisotopic (exact) mass is 223 g/mol. The Hall–Kier alpha value is -2.22. The van der Waals surface area contributed by atoms with Crippen molar-refractivity contribution >= 4 is 11.9 Å². The number of carbonyl (C=O) groups is 1. The van der Waals surface area contributed by atoms with Crippen molar-refractivity contribution in [2.24, 2.45) is 0 Å². The summed E-state index contributed by atoms with van der Waals surface area (Å²) in [5.74, 6) is -0.00402. The molecule has 0 radical (unpaired) electrons. The molecule has 2 aromatic rings. The molecule has 0 N–H and O–H groups in total. The first kappa shape index (κ1) is 11.3. The summed E-state index contributed by atoms with van der Waals surface area (Å²) in [4.78, 5) is 15.9. The second-order valence-corrected chi connectivity index (χ2v) is 3.82. The average molecular weight is 223 g/mol. The fourth-order valence-corrected chi connectivity index (χ4v) is 1.45. The van der Waals surface area contributed by atoms with Crippen LogP contribution in [-0.2, 0) is 0 Å². The number of allylic oxidation sites excluding steroid dienone is 1. The molecular weight excluding hydrogens is 210 g/mol. The van der Waals surface area contributed by atoms with Crippen LogP contribution in [0.4, 0.5) is 0 Å². The van der Waals surface area contributed by atoms with Gasteiger partial charge in [0.2, 0.25) is 0 Å². The van der Waals surface area contributed by atoms with Crippen LogP contribution in [0.5, 0.6) is 0 Å². The minimum absolute atomic E-state index is 0.00402. The topological polar surface area (TPSA) is 30.0 Å². The Bertz CT molecular complexity index is 527. The highest BCUT2D eigenvalue weighted by Gasteiger charge is 2.00. The highest BCUT2D eigenvalue weighted by molar-refractivity contribution is 6.06. The summed E-state index contributed by atoms with van der Waals surface area (Å²) >= 11 is 0. The zero-order valence-electron chi connectivity index (χ0n) is 9.63. The van der Waals surface area contributed by atoms with Crippen molar-refractivity contribution in [3.05, 3.63) is 71.6 Å². The maximum Gasteiger partial charge on any atom is 0.185 e. The van der Waals surface area contributed by atoms with Gasteiger partial charge < -0.3 is 0 Å². The maximum absolute atomic E-state index is 11.8. The smallest absolute Gasteiger partial charge is 0.185 e. The molecule has 0 bridgehead atoms. The Morgan fingerprint density at radius 1 is 1.12 bits per heavy atom. The average Bonchev–Trinajstić information content (AvgIpc) is 2.38. The molecule has 0 spiro atoms. The number of carbonyl (C=O) groups excluding carboxylic acids is 1. The molecule has 0 aliphatic heterocycles. The quantitative estimate of drug-likeness (QED) is 0.590. The van der Waals surface area contributed by atoms with Gasteiger partial charge in [-0.2, -0.15) is 0 Å². The predicted octanol–water partition coefficient (Wildman–Crippen LogP) is 3.29. The number of hydrogen-bond donors (Lipinski definition) is 0. The predicted molar refractivity (Wildman–Crippen MR) is 68.8 cm³/mol. The molecule has 0 aliphatic carbocycles. The fraction of sp³-hybridized carbons (Fsp3) is 0.0667. The molecule has 1 aromatic heterocycles. The van der Waals surface area contributed by atoms with Gasteiger partial charge in [0.1, 0.15) is 0 Å². The molecule has 1 aromatic carbocycles. The molecular formula is C15H13NO. The number of pyridine rings is 1. The van der Waals surface area contributed by atoms with E-state index < -0.39 is 0 Å². The third-order valence-corrected chi connectivity index (χ3v) is 2.43. The Kier molecular flexibility index (Phi) is 3.46. The van der Waals surface area contributed by atoms with E-state index in [2.05, 4.69) is 4.98 Å². The molecule has 0 fully saturated rings. The number of benzene rings is 1. The summed E-state index contributed by atoms with van der Waals surface area (Å²) in [5, 5.41) is 0. The lowest BCUT2D eigenvalue weighted by molar-refractivity contribution is 0.104. The van der Waals surface area contributed by atoms with Crippen LogP contribution in [-0.4, -0.2) is 10.8 Å². The summed E-state index contributed by atoms with van der Waals surface area (Å²) in [6, 6.07) is 13.1. The van der Waals surface area contributed by atoms with Gasteiger partial charge >= 0.3 is 0 Å². The van der Waals surface area contributed by atoms with Gasteiger partial charge in [-0.1, -0.05) is 35.9 Å². The normalized spacial score (nSPS) is 10.6. The molecule has 17 heavy (non-hydrogen) atoms. The van der Waals surface area contributed by atoms with Crippen molar-refractivity contribution in [2.45, 2.75) is 6.92 Å². The Balaban J connectivity index is 2.12. The Labute approximate surface area is 101 Å². The van der Waals surface area contributed by atoms with Gasteiger partial charge in [0.25, 0.3) is 0 Å². The summed E-state index contributed by atoms with van der Waals surface area (Å²) in [5.41, 5.74) is 2.63. The zero-order chi connectivity index (χ0) is 12.1. The number of aryl methyl sites for hydroxylation is 1. The van der Waals surface area contributed by atoms with E-state index in [0.29, 0.717) is 5.56 Å². The van der Waals surface area contributed by atoms with E-state index in [-0.39, 0.29) is 5.78 Å². The van der Waals surface area contributed by atoms with Gasteiger partial charge in [0, 0.05) is 11.8 Å². The molecule has 1 heterocycles. The zero-order valence-corrected chi connectivity index (χ0v) is 9.63. The third kappa shape index (κ3) is 3.11. The van der Waals surface area contributed by atoms with Crippen LogP contribution in [0.2, 0.25) is 0 Å². The van der Waals surface area contributed by atoms with Crippen molar-refractivity contribution in [1.29, 1.82) is 0 Å². The van der Waals surface area contributed by atoms with E-state index in [1.54, 1.807) is 18.3 Å². The largest absolute Gasteiger partial charge is 0.289 e. The van der Waals surface area contributed by atoms with E-state index >= 15 is 0 Å². The molecule has 0 saturated carbocycles. The first-order chi connectivity index (χ1) is 8.25. The lowest BCUT2D eigenvalue weighted by atomic mass is 10.1. The standard InChI is InChI=1S/C15H13NO/c1-12-5-7-13(8-6-12)15(17)10-9-14-4-2-3-11-16-14/h2-11H,1H3/b10-9+. The molecule has 0 aliphatic rings. The first-order valence-electron chi connectivity index (χ1n) is 5.46. The Morgan fingerprint density at radius 2 is 1.88 bits per heavy atom. The van der Waals surface area contributed by atoms with Crippen molar-refractivity contribution in [2.75, 3.05) is 0 Å². The second kappa shape index (κ2) is 5.21. The minimum atomic E-state index is -0.00402. The fourth-order valence-electron chi connectivity index (χ4n) is 1.45. The maximum atomic E-state index is 11.8. The van der Waals surface area contributed by atoms with Crippen LogP contribution in [0.15, 0.2) is 54.7 Å². The van der Waals surface area contributed by atoms with E-state index in [9.17, 15) is 4.79 Å². The van der Waals surface area contributed by atoms with Crippen LogP contribution in [0, 0.1) is 6.92 Å². The number of nitrogens with zero attached hydrogens (tertiary/aromatic N) is 1. The third-order valence-electron chi connectivity index (χ3n) is 2.43. The SMILES string of the molecule is Cc1ccc(C(=O)/C=C/c2ccccn2)cc1. The van der Waals surface area contributed by atoms with Gasteiger partial charge in [-0.3, -0.25) is 9.78 Å². The summed E-state index contributed by atoms with van der Waals surface area (Å²) in [7, 11) is 0. The molecule has 0 amide bonds. The molecule has 2 nitrogen and oxygen atoms in total. The molecule has 2 rings (SSSR count). The van der Waals surface area contributed by atoms with Crippen LogP contribution in [0.3, 0.4) is 0 Å². The van der Waals surface area contributed by atoms with Crippen LogP contribution in [0.1, 0.15) is 21.6 Å².